The number of unbranched alkanes of at least 4 members (excludes halogenated alkanes) is 3. The van der Waals surface area contributed by atoms with Crippen LogP contribution in [0.5, 0.6) is 0 Å². The number of aliphatic hydroxyl groups excluding tert-OH is 1. The highest BCUT2D eigenvalue weighted by molar-refractivity contribution is 5.32. The monoisotopic (exact) mass is 143 g/mol. The first-order chi connectivity index (χ1) is 4.91. The molecule has 10 heavy (non-hydrogen) atoms. The molecule has 0 radical (unpaired) electrons. The largest absolute Gasteiger partial charge is 0.396 e. The van der Waals surface area contributed by atoms with Crippen molar-refractivity contribution >= 4 is 6.08 Å². The molecule has 0 aliphatic carbocycles. The highest BCUT2D eigenvalue weighted by Crippen LogP contribution is 1.98. The Bertz CT molecular complexity index is 108. The van der Waals surface area contributed by atoms with Crippen molar-refractivity contribution in [2.24, 2.45) is 4.99 Å². The average Bonchev–Trinajstić information content (AvgIpc) is 1.97. The summed E-state index contributed by atoms with van der Waals surface area (Å²) in [5.41, 5.74) is 0. The summed E-state index contributed by atoms with van der Waals surface area (Å²) in [4.78, 5) is 13.0. The van der Waals surface area contributed by atoms with Gasteiger partial charge in [-0.1, -0.05) is 12.8 Å². The summed E-state index contributed by atoms with van der Waals surface area (Å²) in [6.07, 6.45) is 5.31. The molecule has 0 atom stereocenters. The van der Waals surface area contributed by atoms with E-state index in [1.54, 1.807) is 0 Å². The summed E-state index contributed by atoms with van der Waals surface area (Å²) in [6.45, 7) is 0.839. The number of carbonyl (C=O) groups excluding carboxylic acids is 1. The van der Waals surface area contributed by atoms with Gasteiger partial charge in [0, 0.05) is 6.61 Å². The molecular formula is C7H13NO2. The van der Waals surface area contributed by atoms with Gasteiger partial charge >= 0.3 is 0 Å². The van der Waals surface area contributed by atoms with Crippen molar-refractivity contribution in [1.82, 2.24) is 0 Å². The third-order valence-corrected chi connectivity index (χ3v) is 1.24. The van der Waals surface area contributed by atoms with Crippen LogP contribution >= 0.6 is 0 Å². The van der Waals surface area contributed by atoms with Gasteiger partial charge in [0.15, 0.2) is 0 Å². The van der Waals surface area contributed by atoms with E-state index in [1.165, 1.54) is 6.08 Å². The molecule has 3 nitrogen and oxygen atoms in total. The van der Waals surface area contributed by atoms with Gasteiger partial charge in [-0.25, -0.2) is 9.79 Å². The van der Waals surface area contributed by atoms with E-state index in [9.17, 15) is 4.79 Å². The van der Waals surface area contributed by atoms with Crippen LogP contribution in [0, 0.1) is 0 Å². The van der Waals surface area contributed by atoms with Crippen molar-refractivity contribution in [2.75, 3.05) is 13.2 Å². The predicted octanol–water partition coefficient (Wildman–Crippen LogP) is 0.875. The quantitative estimate of drug-likeness (QED) is 0.341. The van der Waals surface area contributed by atoms with Gasteiger partial charge in [0.2, 0.25) is 6.08 Å². The molecule has 0 saturated carbocycles. The molecule has 1 N–H and O–H groups in total. The van der Waals surface area contributed by atoms with Gasteiger partial charge in [0.05, 0.1) is 6.54 Å². The van der Waals surface area contributed by atoms with Crippen molar-refractivity contribution < 1.29 is 9.90 Å². The van der Waals surface area contributed by atoms with Crippen LogP contribution in [0.2, 0.25) is 0 Å². The zero-order chi connectivity index (χ0) is 7.66. The van der Waals surface area contributed by atoms with Crippen molar-refractivity contribution in [3.63, 3.8) is 0 Å². The maximum absolute atomic E-state index is 9.56. The first kappa shape index (κ1) is 9.34. The first-order valence-electron chi connectivity index (χ1n) is 3.56. The zero-order valence-corrected chi connectivity index (χ0v) is 6.05. The summed E-state index contributed by atoms with van der Waals surface area (Å²) in [7, 11) is 0. The fourth-order valence-corrected chi connectivity index (χ4v) is 0.702. The van der Waals surface area contributed by atoms with Crippen molar-refractivity contribution in [2.45, 2.75) is 25.7 Å². The lowest BCUT2D eigenvalue weighted by atomic mass is 10.2. The number of aliphatic hydroxyl groups is 1. The van der Waals surface area contributed by atoms with Crippen molar-refractivity contribution in [1.29, 1.82) is 0 Å². The molecule has 0 amide bonds. The summed E-state index contributed by atoms with van der Waals surface area (Å²) >= 11 is 0. The minimum Gasteiger partial charge on any atom is -0.396 e. The van der Waals surface area contributed by atoms with Crippen LogP contribution in [0.1, 0.15) is 25.7 Å². The Morgan fingerprint density at radius 1 is 1.20 bits per heavy atom. The van der Waals surface area contributed by atoms with Gasteiger partial charge < -0.3 is 5.11 Å². The topological polar surface area (TPSA) is 49.7 Å². The molecule has 0 fully saturated rings. The molecular weight excluding hydrogens is 130 g/mol. The zero-order valence-electron chi connectivity index (χ0n) is 6.05. The molecule has 0 aromatic heterocycles. The maximum Gasteiger partial charge on any atom is 0.234 e. The molecule has 58 valence electrons. The third kappa shape index (κ3) is 7.34. The molecule has 0 spiro atoms. The lowest BCUT2D eigenvalue weighted by Crippen LogP contribution is -1.85. The summed E-state index contributed by atoms with van der Waals surface area (Å²) in [5.74, 6) is 0. The Kier molecular flexibility index (Phi) is 7.79. The molecule has 0 rings (SSSR count). The van der Waals surface area contributed by atoms with Gasteiger partial charge in [-0.15, -0.1) is 0 Å². The van der Waals surface area contributed by atoms with Crippen LogP contribution in [-0.2, 0) is 4.79 Å². The second-order valence-electron chi connectivity index (χ2n) is 2.11. The van der Waals surface area contributed by atoms with Crippen LogP contribution in [0.3, 0.4) is 0 Å². The Morgan fingerprint density at radius 3 is 2.50 bits per heavy atom. The minimum absolute atomic E-state index is 0.261. The van der Waals surface area contributed by atoms with Crippen LogP contribution in [-0.4, -0.2) is 24.3 Å². The van der Waals surface area contributed by atoms with Gasteiger partial charge in [0.1, 0.15) is 0 Å². The summed E-state index contributed by atoms with van der Waals surface area (Å²) < 4.78 is 0. The standard InChI is InChI=1S/C7H13NO2/c9-6-4-2-1-3-5-8-7-10/h9H,1-6H2. The molecule has 0 aromatic rings. The molecule has 0 aliphatic rings. The molecule has 3 heteroatoms. The molecule has 0 unspecified atom stereocenters. The van der Waals surface area contributed by atoms with Gasteiger partial charge in [-0.3, -0.25) is 0 Å². The van der Waals surface area contributed by atoms with Crippen LogP contribution in [0.4, 0.5) is 0 Å². The Balaban J connectivity index is 2.83. The Labute approximate surface area is 60.8 Å². The Morgan fingerprint density at radius 2 is 1.90 bits per heavy atom. The van der Waals surface area contributed by atoms with E-state index in [1.807, 2.05) is 0 Å². The molecule has 0 bridgehead atoms. The average molecular weight is 143 g/mol. The van der Waals surface area contributed by atoms with Crippen LogP contribution < -0.4 is 0 Å². The van der Waals surface area contributed by atoms with E-state index in [4.69, 9.17) is 5.11 Å². The SMILES string of the molecule is O=C=NCCCCCCO. The minimum atomic E-state index is 0.261. The van der Waals surface area contributed by atoms with E-state index >= 15 is 0 Å². The van der Waals surface area contributed by atoms with Crippen LogP contribution in [0.25, 0.3) is 0 Å². The highest BCUT2D eigenvalue weighted by atomic mass is 16.2. The number of isocyanates is 1. The predicted molar refractivity (Wildman–Crippen MR) is 38.5 cm³/mol. The van der Waals surface area contributed by atoms with Crippen molar-refractivity contribution in [3.05, 3.63) is 0 Å². The normalized spacial score (nSPS) is 8.90. The number of hydrogen-bond acceptors (Lipinski definition) is 3. The Hall–Kier alpha value is -0.660. The summed E-state index contributed by atoms with van der Waals surface area (Å²) in [6, 6.07) is 0. The maximum atomic E-state index is 9.56. The van der Waals surface area contributed by atoms with Gasteiger partial charge in [-0.05, 0) is 12.8 Å². The second kappa shape index (κ2) is 8.34. The van der Waals surface area contributed by atoms with Crippen LogP contribution in [0.15, 0.2) is 4.99 Å². The number of aliphatic imine (C=N–C) groups is 1. The molecule has 0 aliphatic heterocycles. The third-order valence-electron chi connectivity index (χ3n) is 1.24. The smallest absolute Gasteiger partial charge is 0.234 e. The molecule has 0 heterocycles. The lowest BCUT2D eigenvalue weighted by Gasteiger charge is -1.93. The van der Waals surface area contributed by atoms with E-state index in [0.717, 1.165) is 25.7 Å². The highest BCUT2D eigenvalue weighted by Gasteiger charge is 1.86. The lowest BCUT2D eigenvalue weighted by molar-refractivity contribution is 0.282. The first-order valence-corrected chi connectivity index (χ1v) is 3.56. The molecule has 0 saturated heterocycles. The van der Waals surface area contributed by atoms with E-state index < -0.39 is 0 Å². The fourth-order valence-electron chi connectivity index (χ4n) is 0.702. The van der Waals surface area contributed by atoms with E-state index in [0.29, 0.717) is 6.54 Å². The summed E-state index contributed by atoms with van der Waals surface area (Å²) in [5, 5.41) is 8.38. The van der Waals surface area contributed by atoms with Crippen molar-refractivity contribution in [3.8, 4) is 0 Å². The number of hydrogen-bond donors (Lipinski definition) is 1. The number of rotatable bonds is 6. The second-order valence-corrected chi connectivity index (χ2v) is 2.11. The van der Waals surface area contributed by atoms with E-state index in [2.05, 4.69) is 4.99 Å². The van der Waals surface area contributed by atoms with E-state index in [-0.39, 0.29) is 6.61 Å². The number of nitrogens with zero attached hydrogens (tertiary/aromatic N) is 1. The fraction of sp³-hybridized carbons (Fsp3) is 0.857. The molecule has 0 aromatic carbocycles. The van der Waals surface area contributed by atoms with Gasteiger partial charge in [-0.2, -0.15) is 0 Å². The van der Waals surface area contributed by atoms with Gasteiger partial charge in [0.25, 0.3) is 0 Å².